The quantitative estimate of drug-likeness (QED) is 0.610. The number of ether oxygens (including phenoxy) is 1. The highest BCUT2D eigenvalue weighted by atomic mass is 16.5. The van der Waals surface area contributed by atoms with Crippen LogP contribution in [0.2, 0.25) is 0 Å². The van der Waals surface area contributed by atoms with Crippen LogP contribution in [0.3, 0.4) is 0 Å². The van der Waals surface area contributed by atoms with Crippen LogP contribution in [0.1, 0.15) is 12.0 Å². The van der Waals surface area contributed by atoms with Gasteiger partial charge in [0.25, 0.3) is 0 Å². The summed E-state index contributed by atoms with van der Waals surface area (Å²) in [6.45, 7) is 0. The molecule has 0 atom stereocenters. The Hall–Kier alpha value is -2.30. The van der Waals surface area contributed by atoms with Gasteiger partial charge in [0.05, 0.1) is 13.5 Å². The molecule has 1 aromatic carbocycles. The number of phenolic OH excluding ortho intramolecular Hbond substituents is 1. The van der Waals surface area contributed by atoms with Crippen LogP contribution in [0.15, 0.2) is 29.8 Å². The van der Waals surface area contributed by atoms with Gasteiger partial charge < -0.3 is 14.9 Å². The minimum atomic E-state index is -1.12. The van der Waals surface area contributed by atoms with E-state index >= 15 is 0 Å². The van der Waals surface area contributed by atoms with Gasteiger partial charge in [0.1, 0.15) is 5.75 Å². The lowest BCUT2D eigenvalue weighted by molar-refractivity contribution is -0.141. The fourth-order valence-electron chi connectivity index (χ4n) is 1.29. The molecule has 0 saturated carbocycles. The zero-order chi connectivity index (χ0) is 12.8. The first kappa shape index (κ1) is 12.8. The standard InChI is InChI=1S/C12H12O5/c1-17-12(16)9(7-11(14)15)5-8-3-2-4-10(13)6-8/h2-6,13H,7H2,1H3,(H,14,15). The van der Waals surface area contributed by atoms with Crippen molar-refractivity contribution >= 4 is 18.0 Å². The fourth-order valence-corrected chi connectivity index (χ4v) is 1.29. The largest absolute Gasteiger partial charge is 0.508 e. The van der Waals surface area contributed by atoms with Crippen LogP contribution >= 0.6 is 0 Å². The van der Waals surface area contributed by atoms with Crippen LogP contribution in [0.5, 0.6) is 5.75 Å². The van der Waals surface area contributed by atoms with Gasteiger partial charge in [-0.2, -0.15) is 0 Å². The normalized spacial score (nSPS) is 11.0. The highest BCUT2D eigenvalue weighted by molar-refractivity contribution is 5.97. The van der Waals surface area contributed by atoms with Crippen LogP contribution in [-0.2, 0) is 14.3 Å². The maximum Gasteiger partial charge on any atom is 0.334 e. The third kappa shape index (κ3) is 3.98. The molecule has 17 heavy (non-hydrogen) atoms. The summed E-state index contributed by atoms with van der Waals surface area (Å²) < 4.78 is 4.48. The predicted molar refractivity (Wildman–Crippen MR) is 60.4 cm³/mol. The number of methoxy groups -OCH3 is 1. The van der Waals surface area contributed by atoms with Crippen LogP contribution in [0.25, 0.3) is 6.08 Å². The Morgan fingerprint density at radius 2 is 2.12 bits per heavy atom. The van der Waals surface area contributed by atoms with E-state index in [1.54, 1.807) is 12.1 Å². The molecule has 2 N–H and O–H groups in total. The van der Waals surface area contributed by atoms with E-state index in [4.69, 9.17) is 5.11 Å². The van der Waals surface area contributed by atoms with Crippen molar-refractivity contribution < 1.29 is 24.5 Å². The molecule has 0 saturated heterocycles. The monoisotopic (exact) mass is 236 g/mol. The van der Waals surface area contributed by atoms with Crippen LogP contribution < -0.4 is 0 Å². The number of hydrogen-bond acceptors (Lipinski definition) is 4. The molecule has 0 radical (unpaired) electrons. The Labute approximate surface area is 98.0 Å². The topological polar surface area (TPSA) is 83.8 Å². The van der Waals surface area contributed by atoms with Gasteiger partial charge in [-0.05, 0) is 23.8 Å². The van der Waals surface area contributed by atoms with Gasteiger partial charge >= 0.3 is 11.9 Å². The summed E-state index contributed by atoms with van der Waals surface area (Å²) in [4.78, 5) is 21.9. The molecular formula is C12H12O5. The number of benzene rings is 1. The lowest BCUT2D eigenvalue weighted by Gasteiger charge is -2.03. The van der Waals surface area contributed by atoms with Crippen molar-refractivity contribution in [3.05, 3.63) is 35.4 Å². The number of carboxylic acid groups (broad SMARTS) is 1. The molecule has 1 aromatic rings. The highest BCUT2D eigenvalue weighted by Crippen LogP contribution is 2.16. The summed E-state index contributed by atoms with van der Waals surface area (Å²) in [7, 11) is 1.18. The molecule has 90 valence electrons. The second-order valence-corrected chi connectivity index (χ2v) is 3.33. The van der Waals surface area contributed by atoms with Crippen molar-refractivity contribution in [2.75, 3.05) is 7.11 Å². The van der Waals surface area contributed by atoms with Gasteiger partial charge in [-0.25, -0.2) is 4.79 Å². The number of carboxylic acids is 1. The molecule has 0 aliphatic rings. The lowest BCUT2D eigenvalue weighted by Crippen LogP contribution is -2.09. The maximum absolute atomic E-state index is 11.3. The number of esters is 1. The van der Waals surface area contributed by atoms with Gasteiger partial charge in [-0.15, -0.1) is 0 Å². The highest BCUT2D eigenvalue weighted by Gasteiger charge is 2.13. The first-order chi connectivity index (χ1) is 8.02. The number of aromatic hydroxyl groups is 1. The first-order valence-corrected chi connectivity index (χ1v) is 4.82. The van der Waals surface area contributed by atoms with Gasteiger partial charge in [-0.1, -0.05) is 12.1 Å². The first-order valence-electron chi connectivity index (χ1n) is 4.82. The predicted octanol–water partition coefficient (Wildman–Crippen LogP) is 1.42. The van der Waals surface area contributed by atoms with Gasteiger partial charge in [-0.3, -0.25) is 4.79 Å². The van der Waals surface area contributed by atoms with Gasteiger partial charge in [0.15, 0.2) is 0 Å². The van der Waals surface area contributed by atoms with E-state index < -0.39 is 18.4 Å². The summed E-state index contributed by atoms with van der Waals surface area (Å²) in [6, 6.07) is 6.14. The summed E-state index contributed by atoms with van der Waals surface area (Å²) in [5, 5.41) is 17.9. The fraction of sp³-hybridized carbons (Fsp3) is 0.167. The number of aliphatic carboxylic acids is 1. The second kappa shape index (κ2) is 5.69. The molecule has 0 heterocycles. The molecular weight excluding hydrogens is 224 g/mol. The minimum Gasteiger partial charge on any atom is -0.508 e. The van der Waals surface area contributed by atoms with Crippen molar-refractivity contribution in [1.82, 2.24) is 0 Å². The Morgan fingerprint density at radius 1 is 1.41 bits per heavy atom. The van der Waals surface area contributed by atoms with Gasteiger partial charge in [0.2, 0.25) is 0 Å². The summed E-state index contributed by atoms with van der Waals surface area (Å²) >= 11 is 0. The zero-order valence-corrected chi connectivity index (χ0v) is 9.21. The van der Waals surface area contributed by atoms with E-state index in [1.807, 2.05) is 0 Å². The van der Waals surface area contributed by atoms with Crippen molar-refractivity contribution in [3.63, 3.8) is 0 Å². The van der Waals surface area contributed by atoms with Crippen molar-refractivity contribution in [2.45, 2.75) is 6.42 Å². The molecule has 0 aromatic heterocycles. The molecule has 1 rings (SSSR count). The smallest absolute Gasteiger partial charge is 0.334 e. The molecule has 0 aliphatic carbocycles. The third-order valence-corrected chi connectivity index (χ3v) is 2.00. The molecule has 5 nitrogen and oxygen atoms in total. The SMILES string of the molecule is COC(=O)C(=Cc1cccc(O)c1)CC(=O)O. The summed E-state index contributed by atoms with van der Waals surface area (Å²) in [5.74, 6) is -1.78. The number of phenols is 1. The molecule has 0 bridgehead atoms. The molecule has 0 spiro atoms. The Kier molecular flexibility index (Phi) is 4.28. The number of hydrogen-bond donors (Lipinski definition) is 2. The van der Waals surface area contributed by atoms with Crippen molar-refractivity contribution in [3.8, 4) is 5.75 Å². The van der Waals surface area contributed by atoms with E-state index in [0.29, 0.717) is 5.56 Å². The van der Waals surface area contributed by atoms with Crippen LogP contribution in [0.4, 0.5) is 0 Å². The molecule has 5 heteroatoms. The second-order valence-electron chi connectivity index (χ2n) is 3.33. The zero-order valence-electron chi connectivity index (χ0n) is 9.21. The molecule has 0 unspecified atom stereocenters. The number of rotatable bonds is 4. The Bertz CT molecular complexity index is 462. The van der Waals surface area contributed by atoms with E-state index in [1.165, 1.54) is 25.3 Å². The van der Waals surface area contributed by atoms with Crippen LogP contribution in [0, 0.1) is 0 Å². The van der Waals surface area contributed by atoms with Crippen molar-refractivity contribution in [2.24, 2.45) is 0 Å². The average molecular weight is 236 g/mol. The minimum absolute atomic E-state index is 0.0191. The van der Waals surface area contributed by atoms with E-state index in [-0.39, 0.29) is 11.3 Å². The van der Waals surface area contributed by atoms with Gasteiger partial charge in [0, 0.05) is 5.57 Å². The average Bonchev–Trinajstić information content (AvgIpc) is 2.26. The van der Waals surface area contributed by atoms with E-state index in [0.717, 1.165) is 0 Å². The molecule has 0 fully saturated rings. The maximum atomic E-state index is 11.3. The molecule has 0 amide bonds. The Morgan fingerprint density at radius 3 is 2.65 bits per heavy atom. The van der Waals surface area contributed by atoms with E-state index in [9.17, 15) is 14.7 Å². The Balaban J connectivity index is 3.04. The van der Waals surface area contributed by atoms with Crippen LogP contribution in [-0.4, -0.2) is 29.3 Å². The lowest BCUT2D eigenvalue weighted by atomic mass is 10.1. The number of carbonyl (C=O) groups is 2. The number of carbonyl (C=O) groups excluding carboxylic acids is 1. The molecule has 0 aliphatic heterocycles. The third-order valence-electron chi connectivity index (χ3n) is 2.00. The summed E-state index contributed by atoms with van der Waals surface area (Å²) in [6.07, 6.45) is 0.946. The summed E-state index contributed by atoms with van der Waals surface area (Å²) in [5.41, 5.74) is 0.553. The van der Waals surface area contributed by atoms with Crippen molar-refractivity contribution in [1.29, 1.82) is 0 Å². The van der Waals surface area contributed by atoms with E-state index in [2.05, 4.69) is 4.74 Å².